The van der Waals surface area contributed by atoms with Crippen LogP contribution in [0.3, 0.4) is 0 Å². The first-order valence-electron chi connectivity index (χ1n) is 7.22. The van der Waals surface area contributed by atoms with E-state index in [0.717, 1.165) is 4.90 Å². The predicted molar refractivity (Wildman–Crippen MR) is 93.4 cm³/mol. The lowest BCUT2D eigenvalue weighted by molar-refractivity contribution is -0.140. The zero-order valence-electron chi connectivity index (χ0n) is 12.7. The number of carbonyl (C=O) groups is 3. The van der Waals surface area contributed by atoms with Crippen LogP contribution in [-0.4, -0.2) is 29.4 Å². The Morgan fingerprint density at radius 1 is 1.00 bits per heavy atom. The molecule has 1 heterocycles. The molecule has 0 N–H and O–H groups in total. The lowest BCUT2D eigenvalue weighted by atomic mass is 10.1. The SMILES string of the molecule is O=C(C=Cc1ccc(Cl)c(Cl)c1)OCN1C(=O)c2ccccc2C1=O. The van der Waals surface area contributed by atoms with Gasteiger partial charge in [-0.25, -0.2) is 9.69 Å². The van der Waals surface area contributed by atoms with E-state index in [1.165, 1.54) is 12.2 Å². The molecule has 1 aliphatic rings. The van der Waals surface area contributed by atoms with Gasteiger partial charge in [0.05, 0.1) is 21.2 Å². The number of hydrogen-bond acceptors (Lipinski definition) is 4. The van der Waals surface area contributed by atoms with Gasteiger partial charge >= 0.3 is 5.97 Å². The Labute approximate surface area is 153 Å². The molecule has 25 heavy (non-hydrogen) atoms. The molecule has 0 aliphatic carbocycles. The number of hydrogen-bond donors (Lipinski definition) is 0. The summed E-state index contributed by atoms with van der Waals surface area (Å²) in [5.41, 5.74) is 1.26. The molecule has 3 rings (SSSR count). The molecule has 0 unspecified atom stereocenters. The topological polar surface area (TPSA) is 63.7 Å². The maximum Gasteiger partial charge on any atom is 0.332 e. The molecule has 5 nitrogen and oxygen atoms in total. The molecule has 0 saturated carbocycles. The minimum atomic E-state index is -0.692. The van der Waals surface area contributed by atoms with Crippen molar-refractivity contribution in [2.75, 3.05) is 6.73 Å². The second-order valence-electron chi connectivity index (χ2n) is 5.18. The fourth-order valence-corrected chi connectivity index (χ4v) is 2.62. The number of esters is 1. The smallest absolute Gasteiger partial charge is 0.332 e. The lowest BCUT2D eigenvalue weighted by Gasteiger charge is -2.12. The number of benzene rings is 2. The summed E-state index contributed by atoms with van der Waals surface area (Å²) in [6.07, 6.45) is 2.67. The Morgan fingerprint density at radius 3 is 2.24 bits per heavy atom. The van der Waals surface area contributed by atoms with E-state index in [4.69, 9.17) is 27.9 Å². The minimum absolute atomic E-state index is 0.301. The molecule has 2 aromatic carbocycles. The number of carbonyl (C=O) groups excluding carboxylic acids is 3. The molecule has 0 bridgehead atoms. The first-order chi connectivity index (χ1) is 12.0. The second-order valence-corrected chi connectivity index (χ2v) is 6.00. The predicted octanol–water partition coefficient (Wildman–Crippen LogP) is 3.80. The summed E-state index contributed by atoms with van der Waals surface area (Å²) in [6, 6.07) is 11.3. The molecule has 0 atom stereocenters. The molecule has 0 spiro atoms. The van der Waals surface area contributed by atoms with Gasteiger partial charge in [-0.1, -0.05) is 41.4 Å². The standard InChI is InChI=1S/C18H11Cl2NO4/c19-14-7-5-11(9-15(14)20)6-8-16(22)25-10-21-17(23)12-3-1-2-4-13(12)18(21)24/h1-9H,10H2. The molecule has 0 aromatic heterocycles. The van der Waals surface area contributed by atoms with Crippen LogP contribution >= 0.6 is 23.2 Å². The molecule has 0 radical (unpaired) electrons. The Balaban J connectivity index is 1.61. The first-order valence-corrected chi connectivity index (χ1v) is 7.98. The van der Waals surface area contributed by atoms with E-state index < -0.39 is 24.5 Å². The maximum absolute atomic E-state index is 12.1. The van der Waals surface area contributed by atoms with Gasteiger partial charge in [-0.15, -0.1) is 0 Å². The number of rotatable bonds is 4. The van der Waals surface area contributed by atoms with E-state index in [-0.39, 0.29) is 0 Å². The molecule has 2 aromatic rings. The number of nitrogens with zero attached hydrogens (tertiary/aromatic N) is 1. The highest BCUT2D eigenvalue weighted by Crippen LogP contribution is 2.23. The fraction of sp³-hybridized carbons (Fsp3) is 0.0556. The van der Waals surface area contributed by atoms with Crippen molar-refractivity contribution < 1.29 is 19.1 Å². The summed E-state index contributed by atoms with van der Waals surface area (Å²) in [4.78, 5) is 37.0. The summed E-state index contributed by atoms with van der Waals surface area (Å²) in [5, 5.41) is 0.773. The van der Waals surface area contributed by atoms with Crippen molar-refractivity contribution in [2.45, 2.75) is 0 Å². The second kappa shape index (κ2) is 7.09. The van der Waals surface area contributed by atoms with Gasteiger partial charge in [-0.3, -0.25) is 9.59 Å². The van der Waals surface area contributed by atoms with Crippen LogP contribution in [0, 0.1) is 0 Å². The van der Waals surface area contributed by atoms with Crippen molar-refractivity contribution in [1.29, 1.82) is 0 Å². The van der Waals surface area contributed by atoms with Gasteiger partial charge in [0.15, 0.2) is 6.73 Å². The Bertz CT molecular complexity index is 873. The average Bonchev–Trinajstić information content (AvgIpc) is 2.85. The molecular weight excluding hydrogens is 365 g/mol. The van der Waals surface area contributed by atoms with E-state index >= 15 is 0 Å². The highest BCUT2D eigenvalue weighted by atomic mass is 35.5. The lowest BCUT2D eigenvalue weighted by Crippen LogP contribution is -2.32. The normalized spacial score (nSPS) is 13.4. The van der Waals surface area contributed by atoms with Crippen LogP contribution in [-0.2, 0) is 9.53 Å². The quantitative estimate of drug-likeness (QED) is 0.463. The highest BCUT2D eigenvalue weighted by Gasteiger charge is 2.35. The number of fused-ring (bicyclic) bond motifs is 1. The summed E-state index contributed by atoms with van der Waals surface area (Å²) in [7, 11) is 0. The van der Waals surface area contributed by atoms with E-state index in [0.29, 0.717) is 26.7 Å². The van der Waals surface area contributed by atoms with Gasteiger partial charge < -0.3 is 4.74 Å². The van der Waals surface area contributed by atoms with Gasteiger partial charge in [-0.2, -0.15) is 0 Å². The molecule has 0 fully saturated rings. The van der Waals surface area contributed by atoms with Crippen LogP contribution in [0.4, 0.5) is 0 Å². The monoisotopic (exact) mass is 375 g/mol. The van der Waals surface area contributed by atoms with Gasteiger partial charge in [0.1, 0.15) is 0 Å². The number of halogens is 2. The average molecular weight is 376 g/mol. The molecule has 1 aliphatic heterocycles. The number of imide groups is 1. The van der Waals surface area contributed by atoms with Gasteiger partial charge in [0.2, 0.25) is 0 Å². The van der Waals surface area contributed by atoms with Gasteiger partial charge in [0.25, 0.3) is 11.8 Å². The molecule has 126 valence electrons. The zero-order valence-corrected chi connectivity index (χ0v) is 14.3. The van der Waals surface area contributed by atoms with Crippen molar-refractivity contribution in [2.24, 2.45) is 0 Å². The largest absolute Gasteiger partial charge is 0.441 e. The van der Waals surface area contributed by atoms with Crippen LogP contribution in [0.25, 0.3) is 6.08 Å². The van der Waals surface area contributed by atoms with Crippen LogP contribution in [0.15, 0.2) is 48.5 Å². The van der Waals surface area contributed by atoms with Gasteiger partial charge in [-0.05, 0) is 35.9 Å². The fourth-order valence-electron chi connectivity index (χ4n) is 2.31. The highest BCUT2D eigenvalue weighted by molar-refractivity contribution is 6.42. The van der Waals surface area contributed by atoms with Crippen LogP contribution < -0.4 is 0 Å². The zero-order chi connectivity index (χ0) is 18.0. The molecular formula is C18H11Cl2NO4. The van der Waals surface area contributed by atoms with Crippen molar-refractivity contribution in [1.82, 2.24) is 4.90 Å². The van der Waals surface area contributed by atoms with E-state index in [2.05, 4.69) is 0 Å². The van der Waals surface area contributed by atoms with Crippen molar-refractivity contribution in [3.05, 3.63) is 75.3 Å². The minimum Gasteiger partial charge on any atom is -0.441 e. The summed E-state index contributed by atoms with van der Waals surface area (Å²) >= 11 is 11.7. The molecule has 7 heteroatoms. The molecule has 0 saturated heterocycles. The van der Waals surface area contributed by atoms with Crippen LogP contribution in [0.5, 0.6) is 0 Å². The third-order valence-corrected chi connectivity index (χ3v) is 4.31. The Morgan fingerprint density at radius 2 is 1.64 bits per heavy atom. The third-order valence-electron chi connectivity index (χ3n) is 3.57. The first kappa shape index (κ1) is 17.2. The van der Waals surface area contributed by atoms with E-state index in [9.17, 15) is 14.4 Å². The molecule has 2 amide bonds. The summed E-state index contributed by atoms with van der Waals surface area (Å²) in [5.74, 6) is -1.66. The van der Waals surface area contributed by atoms with Crippen LogP contribution in [0.2, 0.25) is 10.0 Å². The van der Waals surface area contributed by atoms with E-state index in [1.807, 2.05) is 0 Å². The number of ether oxygens (including phenoxy) is 1. The summed E-state index contributed by atoms with van der Waals surface area (Å²) < 4.78 is 4.97. The van der Waals surface area contributed by atoms with E-state index in [1.54, 1.807) is 42.5 Å². The maximum atomic E-state index is 12.1. The van der Waals surface area contributed by atoms with Crippen molar-refractivity contribution in [3.63, 3.8) is 0 Å². The summed E-state index contributed by atoms with van der Waals surface area (Å²) in [6.45, 7) is -0.448. The Kier molecular flexibility index (Phi) is 4.88. The van der Waals surface area contributed by atoms with Crippen molar-refractivity contribution in [3.8, 4) is 0 Å². The Hall–Kier alpha value is -2.63. The van der Waals surface area contributed by atoms with Crippen molar-refractivity contribution >= 4 is 47.1 Å². The van der Waals surface area contributed by atoms with Crippen LogP contribution in [0.1, 0.15) is 26.3 Å². The van der Waals surface area contributed by atoms with Gasteiger partial charge in [0, 0.05) is 6.08 Å². The third kappa shape index (κ3) is 3.57. The number of amides is 2.